The first-order valence-electron chi connectivity index (χ1n) is 10.2. The maximum atomic E-state index is 13.4. The minimum absolute atomic E-state index is 0.264. The molecule has 0 spiro atoms. The standard InChI is InChI=1S/C26H23ClN2O4/c1-15-11-18(31-2)7-9-21(15)29-26(30)20-14-23(28-22-8-6-17(27)13-19(20)22)16-5-10-24(32-3)25(12-16)33-4/h5-14H,1-4H3,(H,29,30). The van der Waals surface area contributed by atoms with Gasteiger partial charge in [-0.25, -0.2) is 4.98 Å². The molecule has 3 aromatic carbocycles. The van der Waals surface area contributed by atoms with Gasteiger partial charge >= 0.3 is 0 Å². The first-order chi connectivity index (χ1) is 15.9. The van der Waals surface area contributed by atoms with E-state index in [0.29, 0.717) is 44.4 Å². The number of aromatic nitrogens is 1. The van der Waals surface area contributed by atoms with Crippen LogP contribution in [-0.2, 0) is 0 Å². The number of hydrogen-bond acceptors (Lipinski definition) is 5. The number of hydrogen-bond donors (Lipinski definition) is 1. The van der Waals surface area contributed by atoms with E-state index in [1.807, 2.05) is 37.3 Å². The van der Waals surface area contributed by atoms with Gasteiger partial charge in [0.1, 0.15) is 5.75 Å². The van der Waals surface area contributed by atoms with E-state index in [1.165, 1.54) is 0 Å². The number of nitrogens with one attached hydrogen (secondary N) is 1. The minimum atomic E-state index is -0.264. The molecule has 1 N–H and O–H groups in total. The van der Waals surface area contributed by atoms with Crippen LogP contribution < -0.4 is 19.5 Å². The van der Waals surface area contributed by atoms with Crippen molar-refractivity contribution in [2.45, 2.75) is 6.92 Å². The van der Waals surface area contributed by atoms with Crippen LogP contribution in [0.2, 0.25) is 5.02 Å². The Morgan fingerprint density at radius 2 is 1.67 bits per heavy atom. The number of nitrogens with zero attached hydrogens (tertiary/aromatic N) is 1. The van der Waals surface area contributed by atoms with Crippen molar-refractivity contribution in [1.82, 2.24) is 4.98 Å². The summed E-state index contributed by atoms with van der Waals surface area (Å²) in [7, 11) is 4.77. The molecule has 4 aromatic rings. The van der Waals surface area contributed by atoms with Gasteiger partial charge in [0.25, 0.3) is 5.91 Å². The molecule has 33 heavy (non-hydrogen) atoms. The van der Waals surface area contributed by atoms with Gasteiger partial charge in [0.2, 0.25) is 0 Å². The molecule has 1 amide bonds. The molecule has 0 aliphatic rings. The van der Waals surface area contributed by atoms with E-state index in [0.717, 1.165) is 16.9 Å². The van der Waals surface area contributed by atoms with Gasteiger partial charge in [-0.2, -0.15) is 0 Å². The van der Waals surface area contributed by atoms with E-state index in [1.54, 1.807) is 51.7 Å². The lowest BCUT2D eigenvalue weighted by Gasteiger charge is -2.14. The van der Waals surface area contributed by atoms with Crippen LogP contribution in [0.1, 0.15) is 15.9 Å². The smallest absolute Gasteiger partial charge is 0.256 e. The Balaban J connectivity index is 1.81. The number of carbonyl (C=O) groups is 1. The molecule has 1 aromatic heterocycles. The second kappa shape index (κ2) is 9.38. The number of methoxy groups -OCH3 is 3. The summed E-state index contributed by atoms with van der Waals surface area (Å²) >= 11 is 6.24. The Hall–Kier alpha value is -3.77. The third-order valence-electron chi connectivity index (χ3n) is 5.38. The summed E-state index contributed by atoms with van der Waals surface area (Å²) < 4.78 is 16.0. The lowest BCUT2D eigenvalue weighted by Crippen LogP contribution is -2.14. The van der Waals surface area contributed by atoms with Gasteiger partial charge < -0.3 is 19.5 Å². The van der Waals surface area contributed by atoms with Gasteiger partial charge in [-0.05, 0) is 73.2 Å². The van der Waals surface area contributed by atoms with Gasteiger partial charge in [0.05, 0.1) is 38.1 Å². The summed E-state index contributed by atoms with van der Waals surface area (Å²) in [6.07, 6.45) is 0. The third-order valence-corrected chi connectivity index (χ3v) is 5.61. The number of anilines is 1. The Morgan fingerprint density at radius 1 is 0.879 bits per heavy atom. The fourth-order valence-corrected chi connectivity index (χ4v) is 3.79. The molecule has 6 nitrogen and oxygen atoms in total. The molecule has 0 bridgehead atoms. The largest absolute Gasteiger partial charge is 0.497 e. The average Bonchev–Trinajstić information content (AvgIpc) is 2.84. The molecule has 0 fully saturated rings. The number of carbonyl (C=O) groups excluding carboxylic acids is 1. The molecule has 0 radical (unpaired) electrons. The van der Waals surface area contributed by atoms with E-state index >= 15 is 0 Å². The van der Waals surface area contributed by atoms with Crippen LogP contribution in [0.25, 0.3) is 22.2 Å². The maximum absolute atomic E-state index is 13.4. The second-order valence-electron chi connectivity index (χ2n) is 7.42. The quantitative estimate of drug-likeness (QED) is 0.372. The van der Waals surface area contributed by atoms with Crippen molar-refractivity contribution >= 4 is 34.1 Å². The third kappa shape index (κ3) is 4.56. The zero-order valence-electron chi connectivity index (χ0n) is 18.7. The molecule has 0 unspecified atom stereocenters. The second-order valence-corrected chi connectivity index (χ2v) is 7.86. The van der Waals surface area contributed by atoms with Gasteiger partial charge in [0, 0.05) is 21.7 Å². The lowest BCUT2D eigenvalue weighted by atomic mass is 10.0. The maximum Gasteiger partial charge on any atom is 0.256 e. The molecule has 0 aliphatic carbocycles. The van der Waals surface area contributed by atoms with Crippen molar-refractivity contribution in [1.29, 1.82) is 0 Å². The Kier molecular flexibility index (Phi) is 6.38. The van der Waals surface area contributed by atoms with Crippen molar-refractivity contribution < 1.29 is 19.0 Å². The number of pyridine rings is 1. The summed E-state index contributed by atoms with van der Waals surface area (Å²) in [5, 5.41) is 4.19. The number of benzene rings is 3. The van der Waals surface area contributed by atoms with Crippen LogP contribution in [0.4, 0.5) is 5.69 Å². The number of amides is 1. The summed E-state index contributed by atoms with van der Waals surface area (Å²) in [5.41, 5.74) is 4.12. The highest BCUT2D eigenvalue weighted by molar-refractivity contribution is 6.31. The van der Waals surface area contributed by atoms with Crippen molar-refractivity contribution in [2.24, 2.45) is 0 Å². The number of aryl methyl sites for hydroxylation is 1. The Labute approximate surface area is 197 Å². The highest BCUT2D eigenvalue weighted by Crippen LogP contribution is 2.34. The van der Waals surface area contributed by atoms with Crippen LogP contribution in [-0.4, -0.2) is 32.2 Å². The molecule has 0 aliphatic heterocycles. The molecule has 1 heterocycles. The zero-order valence-corrected chi connectivity index (χ0v) is 19.5. The zero-order chi connectivity index (χ0) is 23.5. The van der Waals surface area contributed by atoms with E-state index in [9.17, 15) is 4.79 Å². The fraction of sp³-hybridized carbons (Fsp3) is 0.154. The monoisotopic (exact) mass is 462 g/mol. The molecule has 0 saturated carbocycles. The number of fused-ring (bicyclic) bond motifs is 1. The SMILES string of the molecule is COc1ccc(NC(=O)c2cc(-c3ccc(OC)c(OC)c3)nc3ccc(Cl)cc23)c(C)c1. The van der Waals surface area contributed by atoms with Crippen LogP contribution >= 0.6 is 11.6 Å². The highest BCUT2D eigenvalue weighted by atomic mass is 35.5. The molecular weight excluding hydrogens is 440 g/mol. The minimum Gasteiger partial charge on any atom is -0.497 e. The Bertz CT molecular complexity index is 1350. The Morgan fingerprint density at radius 3 is 2.36 bits per heavy atom. The van der Waals surface area contributed by atoms with E-state index in [2.05, 4.69) is 5.32 Å². The lowest BCUT2D eigenvalue weighted by molar-refractivity contribution is 0.102. The first kappa shape index (κ1) is 22.4. The highest BCUT2D eigenvalue weighted by Gasteiger charge is 2.17. The van der Waals surface area contributed by atoms with Gasteiger partial charge in [-0.15, -0.1) is 0 Å². The van der Waals surface area contributed by atoms with E-state index in [4.69, 9.17) is 30.8 Å². The number of ether oxygens (including phenoxy) is 3. The number of halogens is 1. The predicted molar refractivity (Wildman–Crippen MR) is 131 cm³/mol. The van der Waals surface area contributed by atoms with Crippen molar-refractivity contribution in [3.63, 3.8) is 0 Å². The topological polar surface area (TPSA) is 69.7 Å². The van der Waals surface area contributed by atoms with Crippen LogP contribution in [0.3, 0.4) is 0 Å². The van der Waals surface area contributed by atoms with E-state index < -0.39 is 0 Å². The normalized spacial score (nSPS) is 10.7. The van der Waals surface area contributed by atoms with Crippen LogP contribution in [0, 0.1) is 6.92 Å². The molecule has 0 atom stereocenters. The van der Waals surface area contributed by atoms with Gasteiger partial charge in [-0.1, -0.05) is 11.6 Å². The molecule has 0 saturated heterocycles. The number of rotatable bonds is 6. The van der Waals surface area contributed by atoms with Gasteiger partial charge in [-0.3, -0.25) is 4.79 Å². The van der Waals surface area contributed by atoms with Gasteiger partial charge in [0.15, 0.2) is 11.5 Å². The van der Waals surface area contributed by atoms with Crippen LogP contribution in [0.15, 0.2) is 60.7 Å². The molecule has 4 rings (SSSR count). The fourth-order valence-electron chi connectivity index (χ4n) is 3.62. The first-order valence-corrected chi connectivity index (χ1v) is 10.6. The van der Waals surface area contributed by atoms with E-state index in [-0.39, 0.29) is 5.91 Å². The summed E-state index contributed by atoms with van der Waals surface area (Å²) in [4.78, 5) is 18.2. The molecule has 168 valence electrons. The average molecular weight is 463 g/mol. The summed E-state index contributed by atoms with van der Waals surface area (Å²) in [6.45, 7) is 1.91. The molecule has 7 heteroatoms. The predicted octanol–water partition coefficient (Wildman–Crippen LogP) is 6.14. The summed E-state index contributed by atoms with van der Waals surface area (Å²) in [5.74, 6) is 1.65. The summed E-state index contributed by atoms with van der Waals surface area (Å²) in [6, 6.07) is 18.1. The van der Waals surface area contributed by atoms with Crippen LogP contribution in [0.5, 0.6) is 17.2 Å². The van der Waals surface area contributed by atoms with Crippen molar-refractivity contribution in [3.05, 3.63) is 76.8 Å². The van der Waals surface area contributed by atoms with Crippen molar-refractivity contribution in [2.75, 3.05) is 26.6 Å². The molecular formula is C26H23ClN2O4. The van der Waals surface area contributed by atoms with Crippen molar-refractivity contribution in [3.8, 4) is 28.5 Å².